The second-order valence-corrected chi connectivity index (χ2v) is 4.78. The van der Waals surface area contributed by atoms with E-state index < -0.39 is 0 Å². The molecule has 1 aromatic carbocycles. The van der Waals surface area contributed by atoms with Crippen LogP contribution in [0, 0.1) is 17.2 Å². The molecule has 19 heavy (non-hydrogen) atoms. The lowest BCUT2D eigenvalue weighted by Gasteiger charge is -2.12. The molecule has 0 aliphatic carbocycles. The third kappa shape index (κ3) is 3.79. The molecule has 5 heteroatoms. The van der Waals surface area contributed by atoms with Crippen molar-refractivity contribution in [2.75, 3.05) is 14.2 Å². The van der Waals surface area contributed by atoms with Crippen LogP contribution >= 0.6 is 23.2 Å². The summed E-state index contributed by atoms with van der Waals surface area (Å²) in [4.78, 5) is 0. The van der Waals surface area contributed by atoms with Gasteiger partial charge in [0.1, 0.15) is 11.5 Å². The van der Waals surface area contributed by atoms with Gasteiger partial charge in [-0.15, -0.1) is 0 Å². The second kappa shape index (κ2) is 7.28. The van der Waals surface area contributed by atoms with Crippen LogP contribution in [-0.4, -0.2) is 14.2 Å². The average molecular weight is 300 g/mol. The van der Waals surface area contributed by atoms with E-state index in [1.165, 1.54) is 14.2 Å². The summed E-state index contributed by atoms with van der Waals surface area (Å²) < 4.78 is 10.4. The van der Waals surface area contributed by atoms with Crippen molar-refractivity contribution in [1.29, 1.82) is 5.26 Å². The Bertz CT molecular complexity index is 493. The first-order valence-corrected chi connectivity index (χ1v) is 6.45. The number of nitriles is 1. The van der Waals surface area contributed by atoms with Crippen LogP contribution in [-0.2, 0) is 0 Å². The van der Waals surface area contributed by atoms with Gasteiger partial charge in [-0.2, -0.15) is 5.26 Å². The first-order valence-electron chi connectivity index (χ1n) is 5.70. The molecule has 0 aliphatic rings. The molecule has 0 N–H and O–H groups in total. The maximum atomic E-state index is 8.63. The zero-order valence-electron chi connectivity index (χ0n) is 11.0. The van der Waals surface area contributed by atoms with Gasteiger partial charge >= 0.3 is 0 Å². The Kier molecular flexibility index (Phi) is 6.01. The molecule has 0 saturated carbocycles. The molecule has 102 valence electrons. The smallest absolute Gasteiger partial charge is 0.141 e. The van der Waals surface area contributed by atoms with E-state index in [0.717, 1.165) is 0 Å². The molecule has 0 spiro atoms. The Balaban J connectivity index is 3.22. The van der Waals surface area contributed by atoms with Crippen LogP contribution in [0.25, 0.3) is 6.08 Å². The van der Waals surface area contributed by atoms with Crippen LogP contribution in [0.1, 0.15) is 18.9 Å². The molecule has 3 nitrogen and oxygen atoms in total. The Morgan fingerprint density at radius 1 is 1.26 bits per heavy atom. The molecule has 1 aromatic rings. The molecule has 0 aliphatic heterocycles. The Hall–Kier alpha value is -1.37. The molecule has 1 atom stereocenters. The molecule has 0 fully saturated rings. The van der Waals surface area contributed by atoms with Crippen LogP contribution in [0.15, 0.2) is 12.1 Å². The molecular formula is C14H15Cl2NO2. The van der Waals surface area contributed by atoms with Crippen LogP contribution < -0.4 is 9.47 Å². The lowest BCUT2D eigenvalue weighted by Crippen LogP contribution is -1.93. The highest BCUT2D eigenvalue weighted by atomic mass is 35.5. The molecule has 0 heterocycles. The first-order chi connectivity index (χ1) is 9.04. The van der Waals surface area contributed by atoms with Gasteiger partial charge in [-0.3, -0.25) is 0 Å². The van der Waals surface area contributed by atoms with Crippen molar-refractivity contribution in [3.63, 3.8) is 0 Å². The number of nitrogens with zero attached hydrogens (tertiary/aromatic N) is 1. The third-order valence-electron chi connectivity index (χ3n) is 2.61. The number of ether oxygens (including phenoxy) is 2. The molecule has 0 amide bonds. The lowest BCUT2D eigenvalue weighted by molar-refractivity contribution is 0.394. The van der Waals surface area contributed by atoms with Crippen molar-refractivity contribution in [1.82, 2.24) is 0 Å². The minimum Gasteiger partial charge on any atom is -0.495 e. The van der Waals surface area contributed by atoms with E-state index >= 15 is 0 Å². The van der Waals surface area contributed by atoms with Crippen molar-refractivity contribution in [2.24, 2.45) is 5.92 Å². The first kappa shape index (κ1) is 15.7. The van der Waals surface area contributed by atoms with Gasteiger partial charge in [0.25, 0.3) is 0 Å². The molecule has 0 saturated heterocycles. The summed E-state index contributed by atoms with van der Waals surface area (Å²) in [6.45, 7) is 1.94. The summed E-state index contributed by atoms with van der Waals surface area (Å²) in [6.07, 6.45) is 4.11. The monoisotopic (exact) mass is 299 g/mol. The van der Waals surface area contributed by atoms with E-state index in [4.69, 9.17) is 37.9 Å². The highest BCUT2D eigenvalue weighted by Gasteiger charge is 2.15. The fourth-order valence-electron chi connectivity index (χ4n) is 1.52. The number of methoxy groups -OCH3 is 2. The Morgan fingerprint density at radius 2 is 1.79 bits per heavy atom. The summed E-state index contributed by atoms with van der Waals surface area (Å²) in [5.41, 5.74) is 0.629. The normalized spacial score (nSPS) is 12.2. The van der Waals surface area contributed by atoms with Crippen LogP contribution in [0.3, 0.4) is 0 Å². The molecule has 0 bridgehead atoms. The predicted molar refractivity (Wildman–Crippen MR) is 78.0 cm³/mol. The predicted octanol–water partition coefficient (Wildman–Crippen LogP) is 4.57. The van der Waals surface area contributed by atoms with Crippen molar-refractivity contribution in [2.45, 2.75) is 13.3 Å². The van der Waals surface area contributed by atoms with Gasteiger partial charge in [-0.05, 0) is 5.92 Å². The van der Waals surface area contributed by atoms with Crippen molar-refractivity contribution >= 4 is 29.3 Å². The quantitative estimate of drug-likeness (QED) is 0.799. The number of hydrogen-bond acceptors (Lipinski definition) is 3. The van der Waals surface area contributed by atoms with Gasteiger partial charge in [0.05, 0.1) is 30.3 Å². The maximum Gasteiger partial charge on any atom is 0.141 e. The van der Waals surface area contributed by atoms with E-state index in [0.29, 0.717) is 33.5 Å². The summed E-state index contributed by atoms with van der Waals surface area (Å²) in [5.74, 6) is 1.11. The topological polar surface area (TPSA) is 42.2 Å². The molecule has 0 aromatic heterocycles. The highest BCUT2D eigenvalue weighted by molar-refractivity contribution is 6.39. The van der Waals surface area contributed by atoms with E-state index in [1.807, 2.05) is 13.0 Å². The highest BCUT2D eigenvalue weighted by Crippen LogP contribution is 2.41. The minimum atomic E-state index is 0.120. The van der Waals surface area contributed by atoms with Crippen molar-refractivity contribution in [3.8, 4) is 17.6 Å². The SMILES string of the molecule is COc1cc(OC)c(Cl)c(/C=C/C(C)CC#N)c1Cl. The second-order valence-electron chi connectivity index (χ2n) is 4.02. The Labute approximate surface area is 123 Å². The van der Waals surface area contributed by atoms with E-state index in [2.05, 4.69) is 6.07 Å². The number of benzene rings is 1. The maximum absolute atomic E-state index is 8.63. The van der Waals surface area contributed by atoms with Crippen LogP contribution in [0.5, 0.6) is 11.5 Å². The molecule has 1 unspecified atom stereocenters. The summed E-state index contributed by atoms with van der Waals surface area (Å²) in [6, 6.07) is 3.75. The fourth-order valence-corrected chi connectivity index (χ4v) is 2.15. The van der Waals surface area contributed by atoms with E-state index in [9.17, 15) is 0 Å². The average Bonchev–Trinajstić information content (AvgIpc) is 2.39. The summed E-state index contributed by atoms with van der Waals surface area (Å²) in [7, 11) is 3.06. The molecular weight excluding hydrogens is 285 g/mol. The number of rotatable bonds is 5. The fraction of sp³-hybridized carbons (Fsp3) is 0.357. The zero-order chi connectivity index (χ0) is 14.4. The number of allylic oxidation sites excluding steroid dienone is 1. The Morgan fingerprint density at radius 3 is 2.21 bits per heavy atom. The van der Waals surface area contributed by atoms with Crippen molar-refractivity contribution in [3.05, 3.63) is 27.8 Å². The van der Waals surface area contributed by atoms with Gasteiger partial charge in [0.15, 0.2) is 0 Å². The summed E-state index contributed by atoms with van der Waals surface area (Å²) in [5, 5.41) is 9.48. The minimum absolute atomic E-state index is 0.120. The molecule has 1 rings (SSSR count). The van der Waals surface area contributed by atoms with Crippen molar-refractivity contribution < 1.29 is 9.47 Å². The number of halogens is 2. The lowest BCUT2D eigenvalue weighted by atomic mass is 10.1. The largest absolute Gasteiger partial charge is 0.495 e. The third-order valence-corrected chi connectivity index (χ3v) is 3.39. The van der Waals surface area contributed by atoms with Crippen LogP contribution in [0.2, 0.25) is 10.0 Å². The van der Waals surface area contributed by atoms with Gasteiger partial charge in [-0.1, -0.05) is 42.3 Å². The standard InChI is InChI=1S/C14H15Cl2NO2/c1-9(6-7-17)4-5-10-13(15)11(18-2)8-12(19-3)14(10)16/h4-5,8-9H,6H2,1-3H3/b5-4+. The number of hydrogen-bond donors (Lipinski definition) is 0. The van der Waals surface area contributed by atoms with Gasteiger partial charge in [-0.25, -0.2) is 0 Å². The van der Waals surface area contributed by atoms with E-state index in [1.54, 1.807) is 12.1 Å². The summed E-state index contributed by atoms with van der Waals surface area (Å²) >= 11 is 12.4. The van der Waals surface area contributed by atoms with E-state index in [-0.39, 0.29) is 5.92 Å². The molecule has 0 radical (unpaired) electrons. The van der Waals surface area contributed by atoms with Crippen LogP contribution in [0.4, 0.5) is 0 Å². The van der Waals surface area contributed by atoms with Gasteiger partial charge < -0.3 is 9.47 Å². The van der Waals surface area contributed by atoms with Gasteiger partial charge in [0.2, 0.25) is 0 Å². The zero-order valence-corrected chi connectivity index (χ0v) is 12.5. The van der Waals surface area contributed by atoms with Gasteiger partial charge in [0, 0.05) is 18.1 Å².